The number of para-hydroxylation sites is 1. The molecule has 0 amide bonds. The van der Waals surface area contributed by atoms with Crippen LogP contribution in [0.25, 0.3) is 11.6 Å². The van der Waals surface area contributed by atoms with Crippen LogP contribution >= 0.6 is 0 Å². The first-order chi connectivity index (χ1) is 15.4. The molecular formula is C29H31NO2. The lowest BCUT2D eigenvalue weighted by molar-refractivity contribution is 0.160. The van der Waals surface area contributed by atoms with Crippen LogP contribution in [-0.4, -0.2) is 11.2 Å². The second-order valence-electron chi connectivity index (χ2n) is 8.59. The van der Waals surface area contributed by atoms with Gasteiger partial charge in [-0.3, -0.25) is 0 Å². The van der Waals surface area contributed by atoms with Gasteiger partial charge >= 0.3 is 0 Å². The lowest BCUT2D eigenvalue weighted by Crippen LogP contribution is -2.31. The first kappa shape index (κ1) is 21.9. The molecule has 0 aromatic heterocycles. The van der Waals surface area contributed by atoms with Crippen molar-refractivity contribution in [1.82, 2.24) is 0 Å². The van der Waals surface area contributed by atoms with Crippen molar-refractivity contribution in [3.63, 3.8) is 0 Å². The molecule has 1 heterocycles. The van der Waals surface area contributed by atoms with Gasteiger partial charge in [-0.05, 0) is 62.9 Å². The summed E-state index contributed by atoms with van der Waals surface area (Å²) in [5, 5.41) is 12.6. The number of fused-ring (bicyclic) bond motifs is 1. The van der Waals surface area contributed by atoms with Crippen LogP contribution in [0.2, 0.25) is 0 Å². The summed E-state index contributed by atoms with van der Waals surface area (Å²) in [5.41, 5.74) is 8.85. The van der Waals surface area contributed by atoms with E-state index in [1.165, 1.54) is 22.3 Å². The number of nitrogens with zero attached hydrogens (tertiary/aromatic N) is 1. The van der Waals surface area contributed by atoms with Crippen LogP contribution in [0.4, 0.5) is 5.69 Å². The van der Waals surface area contributed by atoms with Gasteiger partial charge in [0.05, 0.1) is 11.8 Å². The number of hydrogen-bond donors (Lipinski definition) is 1. The highest BCUT2D eigenvalue weighted by molar-refractivity contribution is 5.73. The highest BCUT2D eigenvalue weighted by Gasteiger charge is 2.28. The average molecular weight is 426 g/mol. The number of aliphatic hydroxyl groups excluding tert-OH is 1. The molecule has 164 valence electrons. The third-order valence-electron chi connectivity index (χ3n) is 6.17. The van der Waals surface area contributed by atoms with Gasteiger partial charge in [-0.1, -0.05) is 78.4 Å². The number of allylic oxidation sites excluding steroid dienone is 1. The van der Waals surface area contributed by atoms with E-state index in [-0.39, 0.29) is 6.04 Å². The zero-order valence-electron chi connectivity index (χ0n) is 19.5. The first-order valence-electron chi connectivity index (χ1n) is 11.1. The maximum Gasteiger partial charge on any atom is 0.135 e. The zero-order chi connectivity index (χ0) is 22.8. The number of benzene rings is 3. The molecule has 3 nitrogen and oxygen atoms in total. The smallest absolute Gasteiger partial charge is 0.135 e. The highest BCUT2D eigenvalue weighted by Crippen LogP contribution is 2.40. The summed E-state index contributed by atoms with van der Waals surface area (Å²) in [6.07, 6.45) is 3.71. The van der Waals surface area contributed by atoms with Crippen LogP contribution in [-0.2, 0) is 4.84 Å². The van der Waals surface area contributed by atoms with Gasteiger partial charge in [0, 0.05) is 11.1 Å². The normalized spacial score (nSPS) is 16.9. The van der Waals surface area contributed by atoms with E-state index in [2.05, 4.69) is 57.2 Å². The molecular weight excluding hydrogens is 394 g/mol. The Hall–Kier alpha value is -3.30. The van der Waals surface area contributed by atoms with E-state index in [9.17, 15) is 5.11 Å². The number of rotatable bonds is 5. The molecule has 3 aromatic carbocycles. The Balaban J connectivity index is 1.84. The topological polar surface area (TPSA) is 32.7 Å². The lowest BCUT2D eigenvalue weighted by atomic mass is 9.92. The van der Waals surface area contributed by atoms with Gasteiger partial charge in [0.1, 0.15) is 11.8 Å². The second-order valence-corrected chi connectivity index (χ2v) is 8.59. The second kappa shape index (κ2) is 9.05. The van der Waals surface area contributed by atoms with Gasteiger partial charge in [-0.15, -0.1) is 0 Å². The third kappa shape index (κ3) is 4.21. The van der Waals surface area contributed by atoms with Gasteiger partial charge in [0.2, 0.25) is 0 Å². The largest absolute Gasteiger partial charge is 0.389 e. The molecule has 1 aliphatic heterocycles. The highest BCUT2D eigenvalue weighted by atomic mass is 16.7. The molecule has 3 aromatic rings. The Labute approximate surface area is 191 Å². The molecule has 2 unspecified atom stereocenters. The molecule has 0 aliphatic carbocycles. The molecule has 32 heavy (non-hydrogen) atoms. The van der Waals surface area contributed by atoms with Crippen LogP contribution in [0.1, 0.15) is 53.3 Å². The first-order valence-corrected chi connectivity index (χ1v) is 11.1. The Morgan fingerprint density at radius 3 is 2.38 bits per heavy atom. The standard InChI is InChI=1S/C29H31NO2/c1-19-17-20(2)21(3)26(18-19)28-16-15-24-11-9-10-14-27(24)30(28)32-23(5)29(22(4)31)25-12-7-6-8-13-25/h6-18,22,28,31H,1-5H3/b29-23+. The van der Waals surface area contributed by atoms with Crippen LogP contribution in [0.5, 0.6) is 0 Å². The van der Waals surface area contributed by atoms with Crippen molar-refractivity contribution >= 4 is 17.3 Å². The number of aliphatic hydroxyl groups is 1. The van der Waals surface area contributed by atoms with Gasteiger partial charge in [-0.2, -0.15) is 5.06 Å². The molecule has 0 bridgehead atoms. The quantitative estimate of drug-likeness (QED) is 0.450. The fraction of sp³-hybridized carbons (Fsp3) is 0.241. The molecule has 0 fully saturated rings. The summed E-state index contributed by atoms with van der Waals surface area (Å²) in [6, 6.07) is 22.6. The molecule has 2 atom stereocenters. The SMILES string of the molecule is C/C(ON1c2ccccc2C=CC1c1cc(C)cc(C)c1C)=C(\c1ccccc1)C(C)O. The van der Waals surface area contributed by atoms with E-state index in [4.69, 9.17) is 4.84 Å². The Morgan fingerprint density at radius 2 is 1.66 bits per heavy atom. The third-order valence-corrected chi connectivity index (χ3v) is 6.17. The van der Waals surface area contributed by atoms with Crippen LogP contribution in [0.3, 0.4) is 0 Å². The molecule has 0 saturated heterocycles. The molecule has 3 heteroatoms. The van der Waals surface area contributed by atoms with Crippen molar-refractivity contribution in [2.24, 2.45) is 0 Å². The van der Waals surface area contributed by atoms with Crippen molar-refractivity contribution in [3.8, 4) is 0 Å². The Morgan fingerprint density at radius 1 is 0.969 bits per heavy atom. The van der Waals surface area contributed by atoms with Gasteiger partial charge < -0.3 is 9.94 Å². The van der Waals surface area contributed by atoms with E-state index in [0.717, 1.165) is 22.4 Å². The Kier molecular flexibility index (Phi) is 6.20. The van der Waals surface area contributed by atoms with Crippen molar-refractivity contribution < 1.29 is 9.94 Å². The van der Waals surface area contributed by atoms with E-state index >= 15 is 0 Å². The summed E-state index contributed by atoms with van der Waals surface area (Å²) in [5.74, 6) is 0.684. The minimum absolute atomic E-state index is 0.0792. The number of hydroxylamine groups is 1. The van der Waals surface area contributed by atoms with E-state index in [1.54, 1.807) is 6.92 Å². The summed E-state index contributed by atoms with van der Waals surface area (Å²) >= 11 is 0. The van der Waals surface area contributed by atoms with E-state index in [0.29, 0.717) is 5.76 Å². The van der Waals surface area contributed by atoms with Gasteiger partial charge in [0.15, 0.2) is 0 Å². The maximum atomic E-state index is 10.6. The van der Waals surface area contributed by atoms with Crippen molar-refractivity contribution in [3.05, 3.63) is 112 Å². The predicted octanol–water partition coefficient (Wildman–Crippen LogP) is 6.93. The molecule has 0 radical (unpaired) electrons. The number of anilines is 1. The summed E-state index contributed by atoms with van der Waals surface area (Å²) in [4.78, 5) is 6.60. The van der Waals surface area contributed by atoms with Crippen LogP contribution < -0.4 is 5.06 Å². The minimum Gasteiger partial charge on any atom is -0.389 e. The minimum atomic E-state index is -0.658. The summed E-state index contributed by atoms with van der Waals surface area (Å²) in [7, 11) is 0. The molecule has 0 spiro atoms. The van der Waals surface area contributed by atoms with E-state index in [1.807, 2.05) is 54.5 Å². The van der Waals surface area contributed by atoms with Crippen molar-refractivity contribution in [2.45, 2.75) is 46.8 Å². The Bertz CT molecular complexity index is 1180. The van der Waals surface area contributed by atoms with Crippen molar-refractivity contribution in [1.29, 1.82) is 0 Å². The van der Waals surface area contributed by atoms with Gasteiger partial charge in [0.25, 0.3) is 0 Å². The van der Waals surface area contributed by atoms with Gasteiger partial charge in [-0.25, -0.2) is 0 Å². The molecule has 4 rings (SSSR count). The average Bonchev–Trinajstić information content (AvgIpc) is 2.77. The molecule has 1 aliphatic rings. The van der Waals surface area contributed by atoms with E-state index < -0.39 is 6.10 Å². The predicted molar refractivity (Wildman–Crippen MR) is 133 cm³/mol. The number of aryl methyl sites for hydroxylation is 2. The monoisotopic (exact) mass is 425 g/mol. The number of hydrogen-bond acceptors (Lipinski definition) is 3. The fourth-order valence-electron chi connectivity index (χ4n) is 4.52. The zero-order valence-corrected chi connectivity index (χ0v) is 19.5. The lowest BCUT2D eigenvalue weighted by Gasteiger charge is -2.36. The summed E-state index contributed by atoms with van der Waals surface area (Å²) in [6.45, 7) is 10.2. The summed E-state index contributed by atoms with van der Waals surface area (Å²) < 4.78 is 0. The van der Waals surface area contributed by atoms with Crippen molar-refractivity contribution in [2.75, 3.05) is 5.06 Å². The molecule has 1 N–H and O–H groups in total. The molecule has 0 saturated carbocycles. The van der Waals surface area contributed by atoms with Crippen LogP contribution in [0.15, 0.2) is 78.6 Å². The fourth-order valence-corrected chi connectivity index (χ4v) is 4.52. The maximum absolute atomic E-state index is 10.6. The van der Waals surface area contributed by atoms with Crippen LogP contribution in [0, 0.1) is 20.8 Å².